The summed E-state index contributed by atoms with van der Waals surface area (Å²) in [6.07, 6.45) is 4.21. The summed E-state index contributed by atoms with van der Waals surface area (Å²) in [5.74, 6) is 0.393. The van der Waals surface area contributed by atoms with Gasteiger partial charge < -0.3 is 0 Å². The van der Waals surface area contributed by atoms with Gasteiger partial charge in [0, 0.05) is 30.0 Å². The quantitative estimate of drug-likeness (QED) is 0.785. The Bertz CT molecular complexity index is 946. The molecule has 1 unspecified atom stereocenters. The number of halogens is 1. The van der Waals surface area contributed by atoms with Crippen molar-refractivity contribution in [1.82, 2.24) is 19.7 Å². The van der Waals surface area contributed by atoms with E-state index < -0.39 is 0 Å². The molecule has 0 aliphatic heterocycles. The molecule has 5 nitrogen and oxygen atoms in total. The second-order valence-corrected chi connectivity index (χ2v) is 6.84. The first-order valence-electron chi connectivity index (χ1n) is 8.80. The Kier molecular flexibility index (Phi) is 4.42. The number of pyridine rings is 1. The fraction of sp³-hybridized carbons (Fsp3) is 0.300. The maximum Gasteiger partial charge on any atom is 0.276 e. The molecule has 6 heteroatoms. The second kappa shape index (κ2) is 6.88. The lowest BCUT2D eigenvalue weighted by Gasteiger charge is -2.30. The first-order chi connectivity index (χ1) is 12.6. The molecule has 2 heterocycles. The standard InChI is InChI=1S/C20H21FN4O/c1-24(13-14-5-7-15(21)8-6-14)16-9-10-18-17(12-16)20(26)25(23-18)19-4-2-3-11-22-19/h2-8,11,16,23H,9-10,12-13H2,1H3. The van der Waals surface area contributed by atoms with Crippen molar-refractivity contribution in [3.63, 3.8) is 0 Å². The van der Waals surface area contributed by atoms with Crippen LogP contribution >= 0.6 is 0 Å². The van der Waals surface area contributed by atoms with Crippen LogP contribution in [0.4, 0.5) is 4.39 Å². The van der Waals surface area contributed by atoms with Crippen LogP contribution in [0, 0.1) is 5.82 Å². The lowest BCUT2D eigenvalue weighted by Crippen LogP contribution is -2.37. The van der Waals surface area contributed by atoms with Gasteiger partial charge in [-0.05, 0) is 56.1 Å². The average molecular weight is 352 g/mol. The smallest absolute Gasteiger partial charge is 0.276 e. The molecule has 2 aromatic heterocycles. The van der Waals surface area contributed by atoms with Gasteiger partial charge in [-0.1, -0.05) is 18.2 Å². The van der Waals surface area contributed by atoms with E-state index in [0.717, 1.165) is 36.2 Å². The number of benzene rings is 1. The van der Waals surface area contributed by atoms with Crippen molar-refractivity contribution in [2.24, 2.45) is 0 Å². The van der Waals surface area contributed by atoms with E-state index in [1.807, 2.05) is 30.3 Å². The molecule has 134 valence electrons. The molecule has 1 aliphatic carbocycles. The minimum atomic E-state index is -0.221. The van der Waals surface area contributed by atoms with Crippen LogP contribution in [0.5, 0.6) is 0 Å². The Balaban J connectivity index is 1.53. The van der Waals surface area contributed by atoms with Crippen molar-refractivity contribution in [2.45, 2.75) is 31.8 Å². The number of hydrogen-bond donors (Lipinski definition) is 1. The molecule has 1 atom stereocenters. The minimum Gasteiger partial charge on any atom is -0.299 e. The fourth-order valence-electron chi connectivity index (χ4n) is 3.61. The van der Waals surface area contributed by atoms with Crippen LogP contribution in [0.3, 0.4) is 0 Å². The first-order valence-corrected chi connectivity index (χ1v) is 8.80. The monoisotopic (exact) mass is 352 g/mol. The van der Waals surface area contributed by atoms with Crippen molar-refractivity contribution in [2.75, 3.05) is 7.05 Å². The number of rotatable bonds is 4. The molecule has 0 spiro atoms. The zero-order chi connectivity index (χ0) is 18.1. The van der Waals surface area contributed by atoms with E-state index in [0.29, 0.717) is 12.2 Å². The highest BCUT2D eigenvalue weighted by molar-refractivity contribution is 5.29. The molecular weight excluding hydrogens is 331 g/mol. The maximum atomic E-state index is 13.1. The number of aromatic nitrogens is 3. The van der Waals surface area contributed by atoms with Gasteiger partial charge in [0.15, 0.2) is 5.82 Å². The molecule has 26 heavy (non-hydrogen) atoms. The molecule has 4 rings (SSSR count). The van der Waals surface area contributed by atoms with Crippen LogP contribution in [0.2, 0.25) is 0 Å². The average Bonchev–Trinajstić information content (AvgIpc) is 3.00. The third-order valence-electron chi connectivity index (χ3n) is 5.09. The minimum absolute atomic E-state index is 0.0152. The Morgan fingerprint density at radius 1 is 1.27 bits per heavy atom. The molecule has 0 bridgehead atoms. The fourth-order valence-corrected chi connectivity index (χ4v) is 3.61. The Hall–Kier alpha value is -2.73. The van der Waals surface area contributed by atoms with Crippen LogP contribution in [0.15, 0.2) is 53.5 Å². The first kappa shape index (κ1) is 16.7. The highest BCUT2D eigenvalue weighted by Gasteiger charge is 2.27. The molecule has 3 aromatic rings. The van der Waals surface area contributed by atoms with Gasteiger partial charge >= 0.3 is 0 Å². The molecule has 1 aromatic carbocycles. The largest absolute Gasteiger partial charge is 0.299 e. The molecule has 0 amide bonds. The molecule has 0 saturated heterocycles. The Morgan fingerprint density at radius 2 is 2.08 bits per heavy atom. The molecule has 1 N–H and O–H groups in total. The van der Waals surface area contributed by atoms with E-state index in [9.17, 15) is 9.18 Å². The van der Waals surface area contributed by atoms with Gasteiger partial charge in [-0.2, -0.15) is 0 Å². The summed E-state index contributed by atoms with van der Waals surface area (Å²) in [6.45, 7) is 0.735. The molecule has 0 saturated carbocycles. The molecule has 0 radical (unpaired) electrons. The summed E-state index contributed by atoms with van der Waals surface area (Å²) in [6, 6.07) is 12.4. The van der Waals surface area contributed by atoms with Crippen LogP contribution in [-0.2, 0) is 19.4 Å². The van der Waals surface area contributed by atoms with Gasteiger partial charge in [-0.25, -0.2) is 14.1 Å². The zero-order valence-corrected chi connectivity index (χ0v) is 14.7. The number of nitrogens with one attached hydrogen (secondary N) is 1. The zero-order valence-electron chi connectivity index (χ0n) is 14.7. The van der Waals surface area contributed by atoms with E-state index in [-0.39, 0.29) is 17.4 Å². The molecule has 1 aliphatic rings. The maximum absolute atomic E-state index is 13.1. The van der Waals surface area contributed by atoms with Gasteiger partial charge in [0.05, 0.1) is 0 Å². The topological polar surface area (TPSA) is 53.9 Å². The van der Waals surface area contributed by atoms with Gasteiger partial charge in [0.25, 0.3) is 5.56 Å². The number of likely N-dealkylation sites (N-methyl/N-ethyl adjacent to an activating group) is 1. The predicted molar refractivity (Wildman–Crippen MR) is 97.9 cm³/mol. The van der Waals surface area contributed by atoms with Crippen molar-refractivity contribution in [3.05, 3.63) is 81.7 Å². The van der Waals surface area contributed by atoms with Crippen LogP contribution in [0.25, 0.3) is 5.82 Å². The summed E-state index contributed by atoms with van der Waals surface area (Å²) in [4.78, 5) is 19.3. The SMILES string of the molecule is CN(Cc1ccc(F)cc1)C1CCc2[nH]n(-c3ccccn3)c(=O)c2C1. The molecule has 0 fully saturated rings. The summed E-state index contributed by atoms with van der Waals surface area (Å²) in [5.41, 5.74) is 2.91. The predicted octanol–water partition coefficient (Wildman–Crippen LogP) is 2.69. The Labute approximate surface area is 151 Å². The van der Waals surface area contributed by atoms with Crippen molar-refractivity contribution in [1.29, 1.82) is 0 Å². The highest BCUT2D eigenvalue weighted by Crippen LogP contribution is 2.22. The summed E-state index contributed by atoms with van der Waals surface area (Å²) in [5, 5.41) is 3.22. The lowest BCUT2D eigenvalue weighted by molar-refractivity contribution is 0.213. The summed E-state index contributed by atoms with van der Waals surface area (Å²) >= 11 is 0. The molecular formula is C20H21FN4O. The van der Waals surface area contributed by atoms with E-state index in [1.54, 1.807) is 6.20 Å². The third-order valence-corrected chi connectivity index (χ3v) is 5.09. The number of aryl methyl sites for hydroxylation is 1. The summed E-state index contributed by atoms with van der Waals surface area (Å²) in [7, 11) is 2.06. The van der Waals surface area contributed by atoms with Crippen molar-refractivity contribution >= 4 is 0 Å². The van der Waals surface area contributed by atoms with E-state index >= 15 is 0 Å². The highest BCUT2D eigenvalue weighted by atomic mass is 19.1. The number of aromatic amines is 1. The van der Waals surface area contributed by atoms with Crippen molar-refractivity contribution in [3.8, 4) is 5.82 Å². The van der Waals surface area contributed by atoms with E-state index in [1.165, 1.54) is 16.8 Å². The van der Waals surface area contributed by atoms with Gasteiger partial charge in [0.1, 0.15) is 5.82 Å². The van der Waals surface area contributed by atoms with Crippen molar-refractivity contribution < 1.29 is 4.39 Å². The van der Waals surface area contributed by atoms with Gasteiger partial charge in [-0.3, -0.25) is 14.8 Å². The summed E-state index contributed by atoms with van der Waals surface area (Å²) < 4.78 is 14.6. The number of fused-ring (bicyclic) bond motifs is 1. The lowest BCUT2D eigenvalue weighted by atomic mass is 9.92. The second-order valence-electron chi connectivity index (χ2n) is 6.84. The third kappa shape index (κ3) is 3.20. The number of nitrogens with zero attached hydrogens (tertiary/aromatic N) is 3. The van der Waals surface area contributed by atoms with Crippen LogP contribution < -0.4 is 5.56 Å². The number of H-pyrrole nitrogens is 1. The van der Waals surface area contributed by atoms with Crippen LogP contribution in [0.1, 0.15) is 23.2 Å². The van der Waals surface area contributed by atoms with Gasteiger partial charge in [-0.15, -0.1) is 0 Å². The Morgan fingerprint density at radius 3 is 2.81 bits per heavy atom. The number of hydrogen-bond acceptors (Lipinski definition) is 3. The van der Waals surface area contributed by atoms with Crippen LogP contribution in [-0.4, -0.2) is 32.8 Å². The van der Waals surface area contributed by atoms with E-state index in [2.05, 4.69) is 22.0 Å². The normalized spacial score (nSPS) is 16.7. The van der Waals surface area contributed by atoms with Gasteiger partial charge in [0.2, 0.25) is 0 Å². The van der Waals surface area contributed by atoms with E-state index in [4.69, 9.17) is 0 Å².